The van der Waals surface area contributed by atoms with E-state index in [-0.39, 0.29) is 24.4 Å². The quantitative estimate of drug-likeness (QED) is 0.787. The molecular formula is C17H18Cl2N2OS2. The van der Waals surface area contributed by atoms with E-state index in [1.165, 1.54) is 12.8 Å². The normalized spacial score (nSPS) is 24.6. The van der Waals surface area contributed by atoms with Crippen LogP contribution >= 0.6 is 47.1 Å². The van der Waals surface area contributed by atoms with Crippen molar-refractivity contribution in [1.29, 1.82) is 0 Å². The maximum Gasteiger partial charge on any atom is 0.261 e. The van der Waals surface area contributed by atoms with Crippen LogP contribution in [0.1, 0.15) is 28.9 Å². The predicted molar refractivity (Wildman–Crippen MR) is 103 cm³/mol. The highest BCUT2D eigenvalue weighted by Crippen LogP contribution is 2.34. The lowest BCUT2D eigenvalue weighted by molar-refractivity contribution is 0.0935. The van der Waals surface area contributed by atoms with E-state index in [9.17, 15) is 4.79 Å². The first kappa shape index (κ1) is 18.1. The van der Waals surface area contributed by atoms with Crippen LogP contribution < -0.4 is 10.6 Å². The van der Waals surface area contributed by atoms with E-state index in [4.69, 9.17) is 11.6 Å². The molecule has 2 aliphatic heterocycles. The maximum absolute atomic E-state index is 12.4. The Morgan fingerprint density at radius 2 is 2.00 bits per heavy atom. The second-order valence-electron chi connectivity index (χ2n) is 6.04. The third kappa shape index (κ3) is 3.92. The Labute approximate surface area is 161 Å². The van der Waals surface area contributed by atoms with Gasteiger partial charge in [-0.1, -0.05) is 23.4 Å². The van der Waals surface area contributed by atoms with Gasteiger partial charge in [-0.2, -0.15) is 0 Å². The highest BCUT2D eigenvalue weighted by atomic mass is 35.5. The number of fused-ring (bicyclic) bond motifs is 2. The maximum atomic E-state index is 12.4. The SMILES string of the molecule is Cl.O=C(N[C@@H]1C[C@H]2CC[C@@H]1N2)c1ccc(Sc2ccc(Cl)cc2)s1. The summed E-state index contributed by atoms with van der Waals surface area (Å²) in [7, 11) is 0. The Morgan fingerprint density at radius 3 is 2.67 bits per heavy atom. The Hall–Kier alpha value is -0.720. The monoisotopic (exact) mass is 400 g/mol. The van der Waals surface area contributed by atoms with Crippen LogP contribution in [0.2, 0.25) is 5.02 Å². The fourth-order valence-corrected chi connectivity index (χ4v) is 5.47. The molecule has 4 rings (SSSR count). The zero-order valence-corrected chi connectivity index (χ0v) is 16.0. The van der Waals surface area contributed by atoms with Crippen LogP contribution in [-0.4, -0.2) is 24.0 Å². The van der Waals surface area contributed by atoms with Gasteiger partial charge in [0, 0.05) is 28.0 Å². The van der Waals surface area contributed by atoms with Crippen molar-refractivity contribution >= 4 is 53.0 Å². The topological polar surface area (TPSA) is 41.1 Å². The average molecular weight is 401 g/mol. The van der Waals surface area contributed by atoms with Gasteiger partial charge in [0.25, 0.3) is 5.91 Å². The van der Waals surface area contributed by atoms with Crippen molar-refractivity contribution in [3.8, 4) is 0 Å². The van der Waals surface area contributed by atoms with Gasteiger partial charge in [-0.05, 0) is 55.7 Å². The van der Waals surface area contributed by atoms with Gasteiger partial charge >= 0.3 is 0 Å². The van der Waals surface area contributed by atoms with Gasteiger partial charge in [-0.3, -0.25) is 4.79 Å². The molecule has 3 nitrogen and oxygen atoms in total. The zero-order chi connectivity index (χ0) is 15.8. The summed E-state index contributed by atoms with van der Waals surface area (Å²) in [5.74, 6) is 0.0531. The average Bonchev–Trinajstić information content (AvgIpc) is 3.26. The lowest BCUT2D eigenvalue weighted by atomic mass is 9.95. The molecule has 2 bridgehead atoms. The van der Waals surface area contributed by atoms with Crippen LogP contribution in [0, 0.1) is 0 Å². The van der Waals surface area contributed by atoms with E-state index in [0.29, 0.717) is 12.1 Å². The second-order valence-corrected chi connectivity index (χ2v) is 8.93. The number of carbonyl (C=O) groups is 1. The molecule has 3 heterocycles. The molecule has 1 aromatic carbocycles. The molecule has 2 N–H and O–H groups in total. The van der Waals surface area contributed by atoms with Crippen molar-refractivity contribution in [2.24, 2.45) is 0 Å². The molecule has 1 aromatic heterocycles. The summed E-state index contributed by atoms with van der Waals surface area (Å²) >= 11 is 9.10. The summed E-state index contributed by atoms with van der Waals surface area (Å²) in [5, 5.41) is 7.48. The molecule has 7 heteroatoms. The number of thiophene rings is 1. The number of carbonyl (C=O) groups excluding carboxylic acids is 1. The standard InChI is InChI=1S/C17H17ClN2OS2.ClH/c18-10-1-4-12(5-2-10)22-16-8-7-15(23-16)17(21)20-14-9-11-3-6-13(14)19-11;/h1-2,4-5,7-8,11,13-14,19H,3,6,9H2,(H,20,21);1H/t11-,13+,14-;/m1./s1. The van der Waals surface area contributed by atoms with E-state index in [1.807, 2.05) is 36.4 Å². The smallest absolute Gasteiger partial charge is 0.261 e. The number of halogens is 2. The van der Waals surface area contributed by atoms with Gasteiger partial charge in [-0.15, -0.1) is 23.7 Å². The Kier molecular flexibility index (Phi) is 5.78. The summed E-state index contributed by atoms with van der Waals surface area (Å²) < 4.78 is 1.11. The van der Waals surface area contributed by atoms with Crippen LogP contribution in [0.5, 0.6) is 0 Å². The number of nitrogens with one attached hydrogen (secondary N) is 2. The fraction of sp³-hybridized carbons (Fsp3) is 0.353. The van der Waals surface area contributed by atoms with Crippen molar-refractivity contribution in [3.05, 3.63) is 46.3 Å². The molecule has 0 radical (unpaired) electrons. The highest BCUT2D eigenvalue weighted by molar-refractivity contribution is 8.01. The van der Waals surface area contributed by atoms with Crippen molar-refractivity contribution < 1.29 is 4.79 Å². The fourth-order valence-electron chi connectivity index (χ4n) is 3.34. The predicted octanol–water partition coefficient (Wildman–Crippen LogP) is 4.60. The molecule has 2 fully saturated rings. The van der Waals surface area contributed by atoms with Gasteiger partial charge in [0.15, 0.2) is 0 Å². The van der Waals surface area contributed by atoms with E-state index < -0.39 is 0 Å². The Morgan fingerprint density at radius 1 is 1.21 bits per heavy atom. The van der Waals surface area contributed by atoms with Crippen LogP contribution in [0.3, 0.4) is 0 Å². The Bertz CT molecular complexity index is 720. The minimum absolute atomic E-state index is 0. The van der Waals surface area contributed by atoms with Gasteiger partial charge in [0.1, 0.15) is 0 Å². The summed E-state index contributed by atoms with van der Waals surface area (Å²) in [4.78, 5) is 14.3. The minimum atomic E-state index is 0. The summed E-state index contributed by atoms with van der Waals surface area (Å²) in [6.07, 6.45) is 3.49. The van der Waals surface area contributed by atoms with Crippen LogP contribution in [0.15, 0.2) is 45.5 Å². The molecule has 3 atom stereocenters. The first-order valence-electron chi connectivity index (χ1n) is 7.77. The van der Waals surface area contributed by atoms with E-state index in [2.05, 4.69) is 10.6 Å². The Balaban J connectivity index is 0.00000169. The number of amides is 1. The lowest BCUT2D eigenvalue weighted by Crippen LogP contribution is -2.42. The molecule has 0 unspecified atom stereocenters. The van der Waals surface area contributed by atoms with Crippen molar-refractivity contribution in [3.63, 3.8) is 0 Å². The van der Waals surface area contributed by atoms with Gasteiger partial charge in [0.05, 0.1) is 9.09 Å². The number of hydrogen-bond acceptors (Lipinski definition) is 4. The molecular weight excluding hydrogens is 383 g/mol. The van der Waals surface area contributed by atoms with Crippen LogP contribution in [0.4, 0.5) is 0 Å². The number of rotatable bonds is 4. The highest BCUT2D eigenvalue weighted by Gasteiger charge is 2.39. The largest absolute Gasteiger partial charge is 0.347 e. The first-order valence-corrected chi connectivity index (χ1v) is 9.78. The third-order valence-corrected chi connectivity index (χ3v) is 6.93. The first-order chi connectivity index (χ1) is 11.2. The summed E-state index contributed by atoms with van der Waals surface area (Å²) in [6, 6.07) is 13.0. The van der Waals surface area contributed by atoms with E-state index in [1.54, 1.807) is 23.1 Å². The molecule has 128 valence electrons. The molecule has 2 aliphatic rings. The zero-order valence-electron chi connectivity index (χ0n) is 12.8. The van der Waals surface area contributed by atoms with Gasteiger partial charge in [-0.25, -0.2) is 0 Å². The van der Waals surface area contributed by atoms with Crippen LogP contribution in [-0.2, 0) is 0 Å². The van der Waals surface area contributed by atoms with E-state index in [0.717, 1.165) is 25.4 Å². The molecule has 0 spiro atoms. The van der Waals surface area contributed by atoms with Gasteiger partial charge in [0.2, 0.25) is 0 Å². The molecule has 0 aliphatic carbocycles. The minimum Gasteiger partial charge on any atom is -0.347 e. The van der Waals surface area contributed by atoms with E-state index >= 15 is 0 Å². The van der Waals surface area contributed by atoms with Crippen molar-refractivity contribution in [2.45, 2.75) is 46.5 Å². The lowest BCUT2D eigenvalue weighted by Gasteiger charge is -2.20. The van der Waals surface area contributed by atoms with Crippen molar-refractivity contribution in [1.82, 2.24) is 10.6 Å². The molecule has 2 aromatic rings. The molecule has 2 saturated heterocycles. The number of benzene rings is 1. The van der Waals surface area contributed by atoms with Gasteiger partial charge < -0.3 is 10.6 Å². The van der Waals surface area contributed by atoms with Crippen LogP contribution in [0.25, 0.3) is 0 Å². The summed E-state index contributed by atoms with van der Waals surface area (Å²) in [6.45, 7) is 0. The molecule has 0 saturated carbocycles. The summed E-state index contributed by atoms with van der Waals surface area (Å²) in [5.41, 5.74) is 0. The molecule has 24 heavy (non-hydrogen) atoms. The van der Waals surface area contributed by atoms with Crippen molar-refractivity contribution in [2.75, 3.05) is 0 Å². The third-order valence-electron chi connectivity index (χ3n) is 4.45. The number of hydrogen-bond donors (Lipinski definition) is 2. The molecule has 1 amide bonds. The second kappa shape index (κ2) is 7.67.